The first kappa shape index (κ1) is 19.4. The zero-order valence-electron chi connectivity index (χ0n) is 13.9. The number of anilines is 1. The molecule has 26 heavy (non-hydrogen) atoms. The molecule has 0 aromatic heterocycles. The summed E-state index contributed by atoms with van der Waals surface area (Å²) in [6.45, 7) is 2.29. The van der Waals surface area contributed by atoms with Crippen LogP contribution in [0.1, 0.15) is 12.0 Å². The van der Waals surface area contributed by atoms with Crippen LogP contribution in [0.3, 0.4) is 0 Å². The van der Waals surface area contributed by atoms with E-state index in [4.69, 9.17) is 5.26 Å². The summed E-state index contributed by atoms with van der Waals surface area (Å²) in [5, 5.41) is 8.91. The number of hydrogen-bond acceptors (Lipinski definition) is 4. The number of nitrogens with zero attached hydrogens (tertiary/aromatic N) is 3. The lowest BCUT2D eigenvalue weighted by atomic mass is 10.2. The second-order valence-electron chi connectivity index (χ2n) is 5.98. The van der Waals surface area contributed by atoms with Crippen molar-refractivity contribution < 1.29 is 8.42 Å². The number of sulfonamides is 1. The van der Waals surface area contributed by atoms with E-state index in [2.05, 4.69) is 42.8 Å². The summed E-state index contributed by atoms with van der Waals surface area (Å²) >= 11 is 6.71. The Hall–Kier alpha value is -1.40. The highest BCUT2D eigenvalue weighted by molar-refractivity contribution is 9.11. The van der Waals surface area contributed by atoms with Gasteiger partial charge in [-0.25, -0.2) is 8.42 Å². The van der Waals surface area contributed by atoms with Gasteiger partial charge in [0.15, 0.2) is 0 Å². The fourth-order valence-electron chi connectivity index (χ4n) is 2.96. The van der Waals surface area contributed by atoms with E-state index in [-0.39, 0.29) is 4.90 Å². The van der Waals surface area contributed by atoms with Crippen molar-refractivity contribution in [3.05, 3.63) is 57.0 Å². The molecule has 0 spiro atoms. The third-order valence-corrected chi connectivity index (χ3v) is 7.70. The molecule has 8 heteroatoms. The molecule has 0 atom stereocenters. The van der Waals surface area contributed by atoms with Crippen LogP contribution in [0.2, 0.25) is 0 Å². The van der Waals surface area contributed by atoms with Gasteiger partial charge in [0.25, 0.3) is 0 Å². The van der Waals surface area contributed by atoms with Gasteiger partial charge in [-0.2, -0.15) is 9.57 Å². The minimum absolute atomic E-state index is 0.285. The molecule has 2 aromatic rings. The van der Waals surface area contributed by atoms with Crippen LogP contribution < -0.4 is 4.90 Å². The van der Waals surface area contributed by atoms with Crippen molar-refractivity contribution in [2.24, 2.45) is 0 Å². The smallest absolute Gasteiger partial charge is 0.244 e. The summed E-state index contributed by atoms with van der Waals surface area (Å²) < 4.78 is 29.0. The first-order valence-corrected chi connectivity index (χ1v) is 11.1. The summed E-state index contributed by atoms with van der Waals surface area (Å²) in [5.74, 6) is 0. The number of rotatable bonds is 3. The Balaban J connectivity index is 1.78. The molecule has 3 rings (SSSR count). The third-order valence-electron chi connectivity index (χ3n) is 4.33. The van der Waals surface area contributed by atoms with Crippen molar-refractivity contribution in [3.63, 3.8) is 0 Å². The van der Waals surface area contributed by atoms with Gasteiger partial charge in [-0.05, 0) is 64.8 Å². The average molecular weight is 499 g/mol. The molecule has 1 aliphatic heterocycles. The van der Waals surface area contributed by atoms with Gasteiger partial charge in [-0.15, -0.1) is 0 Å². The van der Waals surface area contributed by atoms with Crippen molar-refractivity contribution in [2.75, 3.05) is 31.1 Å². The van der Waals surface area contributed by atoms with Crippen molar-refractivity contribution in [2.45, 2.75) is 11.3 Å². The predicted octanol–water partition coefficient (Wildman–Crippen LogP) is 3.98. The van der Waals surface area contributed by atoms with Gasteiger partial charge in [-0.1, -0.05) is 15.9 Å². The number of hydrogen-bond donors (Lipinski definition) is 0. The van der Waals surface area contributed by atoms with E-state index in [0.29, 0.717) is 29.7 Å². The molecule has 0 bridgehead atoms. The molecule has 5 nitrogen and oxygen atoms in total. The molecule has 1 heterocycles. The summed E-state index contributed by atoms with van der Waals surface area (Å²) in [5.41, 5.74) is 1.63. The Morgan fingerprint density at radius 3 is 2.35 bits per heavy atom. The monoisotopic (exact) mass is 497 g/mol. The minimum Gasteiger partial charge on any atom is -0.370 e. The lowest BCUT2D eigenvalue weighted by molar-refractivity contribution is 0.433. The van der Waals surface area contributed by atoms with Crippen molar-refractivity contribution in [3.8, 4) is 6.07 Å². The van der Waals surface area contributed by atoms with Crippen molar-refractivity contribution >= 4 is 47.6 Å². The Morgan fingerprint density at radius 1 is 0.962 bits per heavy atom. The van der Waals surface area contributed by atoms with Crippen LogP contribution in [0.5, 0.6) is 0 Å². The quantitative estimate of drug-likeness (QED) is 0.641. The fraction of sp³-hybridized carbons (Fsp3) is 0.278. The first-order chi connectivity index (χ1) is 12.4. The summed E-state index contributed by atoms with van der Waals surface area (Å²) in [6.07, 6.45) is 0.743. The number of halogens is 2. The zero-order chi connectivity index (χ0) is 18.7. The van der Waals surface area contributed by atoms with Crippen LogP contribution in [0, 0.1) is 11.3 Å². The lowest BCUT2D eigenvalue weighted by Crippen LogP contribution is -2.35. The summed E-state index contributed by atoms with van der Waals surface area (Å²) in [6, 6.07) is 14.6. The molecular weight excluding hydrogens is 482 g/mol. The van der Waals surface area contributed by atoms with Crippen molar-refractivity contribution in [1.82, 2.24) is 4.31 Å². The van der Waals surface area contributed by atoms with Crippen LogP contribution in [0.4, 0.5) is 5.69 Å². The molecule has 0 aliphatic carbocycles. The van der Waals surface area contributed by atoms with Crippen LogP contribution in [-0.4, -0.2) is 38.9 Å². The standard InChI is InChI=1S/C18H17Br2N3O2S/c19-15-4-7-18(17(20)12-15)26(24,25)23-9-1-8-22(10-11-23)16-5-2-14(13-21)3-6-16/h2-7,12H,1,8-11H2. The maximum atomic E-state index is 13.0. The second-order valence-corrected chi connectivity index (χ2v) is 9.65. The molecule has 1 saturated heterocycles. The van der Waals surface area contributed by atoms with Gasteiger partial charge in [0.2, 0.25) is 10.0 Å². The van der Waals surface area contributed by atoms with Crippen LogP contribution in [0.25, 0.3) is 0 Å². The lowest BCUT2D eigenvalue weighted by Gasteiger charge is -2.24. The van der Waals surface area contributed by atoms with E-state index in [1.807, 2.05) is 12.1 Å². The van der Waals surface area contributed by atoms with Gasteiger partial charge >= 0.3 is 0 Å². The Morgan fingerprint density at radius 2 is 1.69 bits per heavy atom. The van der Waals surface area contributed by atoms with E-state index in [1.165, 1.54) is 0 Å². The summed E-state index contributed by atoms with van der Waals surface area (Å²) in [7, 11) is -3.55. The largest absolute Gasteiger partial charge is 0.370 e. The maximum absolute atomic E-state index is 13.0. The van der Waals surface area contributed by atoms with Gasteiger partial charge in [0.1, 0.15) is 0 Å². The highest BCUT2D eigenvalue weighted by atomic mass is 79.9. The van der Waals surface area contributed by atoms with E-state index in [1.54, 1.807) is 34.6 Å². The molecule has 2 aromatic carbocycles. The van der Waals surface area contributed by atoms with E-state index >= 15 is 0 Å². The predicted molar refractivity (Wildman–Crippen MR) is 109 cm³/mol. The SMILES string of the molecule is N#Cc1ccc(N2CCCN(S(=O)(=O)c3ccc(Br)cc3Br)CC2)cc1. The molecule has 0 amide bonds. The van der Waals surface area contributed by atoms with E-state index in [0.717, 1.165) is 23.1 Å². The topological polar surface area (TPSA) is 64.4 Å². The molecule has 0 unspecified atom stereocenters. The van der Waals surface area contributed by atoms with Gasteiger partial charge in [0, 0.05) is 40.8 Å². The Bertz CT molecular complexity index is 940. The minimum atomic E-state index is -3.55. The fourth-order valence-corrected chi connectivity index (χ4v) is 6.14. The van der Waals surface area contributed by atoms with Gasteiger partial charge in [0.05, 0.1) is 16.5 Å². The van der Waals surface area contributed by atoms with Crippen LogP contribution >= 0.6 is 31.9 Å². The molecule has 1 aliphatic rings. The first-order valence-electron chi connectivity index (χ1n) is 8.12. The highest BCUT2D eigenvalue weighted by Crippen LogP contribution is 2.29. The zero-order valence-corrected chi connectivity index (χ0v) is 17.9. The average Bonchev–Trinajstić information content (AvgIpc) is 2.88. The van der Waals surface area contributed by atoms with E-state index in [9.17, 15) is 8.42 Å². The molecule has 0 radical (unpaired) electrons. The van der Waals surface area contributed by atoms with E-state index < -0.39 is 10.0 Å². The van der Waals surface area contributed by atoms with Crippen molar-refractivity contribution in [1.29, 1.82) is 5.26 Å². The Labute approximate surface area is 170 Å². The summed E-state index contributed by atoms with van der Waals surface area (Å²) in [4.78, 5) is 2.44. The third kappa shape index (κ3) is 4.12. The van der Waals surface area contributed by atoms with Gasteiger partial charge in [-0.3, -0.25) is 0 Å². The van der Waals surface area contributed by atoms with Crippen LogP contribution in [0.15, 0.2) is 56.3 Å². The van der Waals surface area contributed by atoms with Crippen LogP contribution in [-0.2, 0) is 10.0 Å². The molecule has 0 N–H and O–H groups in total. The number of benzene rings is 2. The second kappa shape index (κ2) is 8.09. The normalized spacial score (nSPS) is 16.1. The molecule has 136 valence electrons. The molecular formula is C18H17Br2N3O2S. The maximum Gasteiger partial charge on any atom is 0.244 e. The molecule has 1 fully saturated rings. The molecule has 0 saturated carbocycles. The number of nitriles is 1. The highest BCUT2D eigenvalue weighted by Gasteiger charge is 2.28. The van der Waals surface area contributed by atoms with Gasteiger partial charge < -0.3 is 4.90 Å². The Kier molecular flexibility index (Phi) is 6.03.